The summed E-state index contributed by atoms with van der Waals surface area (Å²) in [6.45, 7) is 3.55. The maximum atomic E-state index is 8.94. The third kappa shape index (κ3) is 1.46. The Kier molecular flexibility index (Phi) is 1.78. The van der Waals surface area contributed by atoms with Crippen LogP contribution < -0.4 is 0 Å². The molecule has 0 bridgehead atoms. The van der Waals surface area contributed by atoms with Crippen molar-refractivity contribution in [3.05, 3.63) is 10.0 Å². The van der Waals surface area contributed by atoms with Crippen LogP contribution in [0.2, 0.25) is 0 Å². The molecule has 1 rings (SSSR count). The van der Waals surface area contributed by atoms with Crippen LogP contribution in [0.15, 0.2) is 0 Å². The summed E-state index contributed by atoms with van der Waals surface area (Å²) in [6, 6.07) is 0. The first-order valence-corrected chi connectivity index (χ1v) is 3.50. The molecule has 0 saturated heterocycles. The van der Waals surface area contributed by atoms with Crippen molar-refractivity contribution in [1.82, 2.24) is 10.2 Å². The first-order chi connectivity index (χ1) is 4.20. The van der Waals surface area contributed by atoms with Crippen molar-refractivity contribution in [3.63, 3.8) is 0 Å². The van der Waals surface area contributed by atoms with Gasteiger partial charge in [0.1, 0.15) is 16.1 Å². The lowest BCUT2D eigenvalue weighted by Gasteiger charge is -1.92. The van der Waals surface area contributed by atoms with Crippen molar-refractivity contribution in [2.24, 2.45) is 0 Å². The summed E-state index contributed by atoms with van der Waals surface area (Å²) in [6.07, 6.45) is -0.476. The van der Waals surface area contributed by atoms with Gasteiger partial charge in [-0.25, -0.2) is 0 Å². The second kappa shape index (κ2) is 2.41. The highest BCUT2D eigenvalue weighted by atomic mass is 32.1. The molecule has 1 atom stereocenters. The number of nitrogens with zero attached hydrogens (tertiary/aromatic N) is 2. The fraction of sp³-hybridized carbons (Fsp3) is 0.600. The number of aromatic nitrogens is 2. The molecule has 0 aliphatic rings. The molecule has 3 nitrogen and oxygen atoms in total. The Morgan fingerprint density at radius 2 is 2.22 bits per heavy atom. The summed E-state index contributed by atoms with van der Waals surface area (Å²) < 4.78 is 0. The van der Waals surface area contributed by atoms with E-state index in [2.05, 4.69) is 10.2 Å². The van der Waals surface area contributed by atoms with E-state index in [-0.39, 0.29) is 0 Å². The summed E-state index contributed by atoms with van der Waals surface area (Å²) in [4.78, 5) is 0. The Hall–Kier alpha value is -0.480. The summed E-state index contributed by atoms with van der Waals surface area (Å²) in [5.74, 6) is 0. The third-order valence-corrected chi connectivity index (χ3v) is 1.91. The average Bonchev–Trinajstić information content (AvgIpc) is 2.14. The molecule has 1 aromatic rings. The van der Waals surface area contributed by atoms with Crippen LogP contribution in [0.4, 0.5) is 0 Å². The molecule has 0 saturated carbocycles. The largest absolute Gasteiger partial charge is 0.386 e. The normalized spacial score (nSPS) is 13.7. The van der Waals surface area contributed by atoms with Gasteiger partial charge >= 0.3 is 0 Å². The fourth-order valence-electron chi connectivity index (χ4n) is 0.481. The van der Waals surface area contributed by atoms with Crippen LogP contribution in [0.3, 0.4) is 0 Å². The van der Waals surface area contributed by atoms with Gasteiger partial charge in [0.15, 0.2) is 0 Å². The highest BCUT2D eigenvalue weighted by Crippen LogP contribution is 2.15. The first kappa shape index (κ1) is 6.64. The van der Waals surface area contributed by atoms with Crippen molar-refractivity contribution in [2.75, 3.05) is 0 Å². The number of rotatable bonds is 1. The van der Waals surface area contributed by atoms with Gasteiger partial charge in [0.2, 0.25) is 0 Å². The Balaban J connectivity index is 2.85. The van der Waals surface area contributed by atoms with E-state index >= 15 is 0 Å². The van der Waals surface area contributed by atoms with Crippen LogP contribution in [0.1, 0.15) is 23.0 Å². The van der Waals surface area contributed by atoms with Crippen molar-refractivity contribution < 1.29 is 5.11 Å². The van der Waals surface area contributed by atoms with Crippen LogP contribution in [-0.4, -0.2) is 15.3 Å². The van der Waals surface area contributed by atoms with Crippen LogP contribution in [0.5, 0.6) is 0 Å². The van der Waals surface area contributed by atoms with E-state index in [1.165, 1.54) is 11.3 Å². The van der Waals surface area contributed by atoms with E-state index < -0.39 is 6.10 Å². The molecule has 0 unspecified atom stereocenters. The van der Waals surface area contributed by atoms with Gasteiger partial charge in [-0.05, 0) is 13.8 Å². The SMILES string of the molecule is Cc1nnc([C@@H](C)O)s1. The lowest BCUT2D eigenvalue weighted by atomic mass is 10.4. The number of aliphatic hydroxyl groups is 1. The second-order valence-corrected chi connectivity index (χ2v) is 3.05. The Morgan fingerprint density at radius 3 is 2.44 bits per heavy atom. The lowest BCUT2D eigenvalue weighted by molar-refractivity contribution is 0.198. The maximum Gasteiger partial charge on any atom is 0.145 e. The first-order valence-electron chi connectivity index (χ1n) is 2.68. The van der Waals surface area contributed by atoms with Crippen molar-refractivity contribution in [1.29, 1.82) is 0 Å². The molecule has 0 fully saturated rings. The molecule has 0 aromatic carbocycles. The predicted molar refractivity (Wildman–Crippen MR) is 35.3 cm³/mol. The molecule has 1 aromatic heterocycles. The monoisotopic (exact) mass is 144 g/mol. The van der Waals surface area contributed by atoms with Gasteiger partial charge in [-0.1, -0.05) is 11.3 Å². The summed E-state index contributed by atoms with van der Waals surface area (Å²) >= 11 is 1.42. The van der Waals surface area contributed by atoms with E-state index in [4.69, 9.17) is 5.11 Å². The van der Waals surface area contributed by atoms with Crippen LogP contribution in [-0.2, 0) is 0 Å². The van der Waals surface area contributed by atoms with Crippen molar-refractivity contribution in [3.8, 4) is 0 Å². The van der Waals surface area contributed by atoms with Crippen molar-refractivity contribution >= 4 is 11.3 Å². The fourth-order valence-corrected chi connectivity index (χ4v) is 1.12. The van der Waals surface area contributed by atoms with Gasteiger partial charge in [-0.15, -0.1) is 10.2 Å². The quantitative estimate of drug-likeness (QED) is 0.637. The van der Waals surface area contributed by atoms with E-state index in [1.54, 1.807) is 6.92 Å². The highest BCUT2D eigenvalue weighted by molar-refractivity contribution is 7.11. The Morgan fingerprint density at radius 1 is 1.56 bits per heavy atom. The summed E-state index contributed by atoms with van der Waals surface area (Å²) in [5.41, 5.74) is 0. The molecule has 4 heteroatoms. The van der Waals surface area contributed by atoms with Crippen LogP contribution in [0.25, 0.3) is 0 Å². The Bertz CT molecular complexity index is 197. The zero-order chi connectivity index (χ0) is 6.85. The molecular weight excluding hydrogens is 136 g/mol. The molecule has 1 N–H and O–H groups in total. The average molecular weight is 144 g/mol. The van der Waals surface area contributed by atoms with Gasteiger partial charge < -0.3 is 5.11 Å². The van der Waals surface area contributed by atoms with E-state index in [0.29, 0.717) is 5.01 Å². The summed E-state index contributed by atoms with van der Waals surface area (Å²) in [5, 5.41) is 18.0. The summed E-state index contributed by atoms with van der Waals surface area (Å²) in [7, 11) is 0. The van der Waals surface area contributed by atoms with Crippen molar-refractivity contribution in [2.45, 2.75) is 20.0 Å². The molecule has 0 aliphatic carbocycles. The molecule has 1 heterocycles. The van der Waals surface area contributed by atoms with Gasteiger partial charge in [0.25, 0.3) is 0 Å². The number of aryl methyl sites for hydroxylation is 1. The van der Waals surface area contributed by atoms with Gasteiger partial charge in [-0.3, -0.25) is 0 Å². The maximum absolute atomic E-state index is 8.94. The molecule has 0 spiro atoms. The number of hydrogen-bond acceptors (Lipinski definition) is 4. The minimum atomic E-state index is -0.476. The van der Waals surface area contributed by atoms with E-state index in [0.717, 1.165) is 5.01 Å². The van der Waals surface area contributed by atoms with Gasteiger partial charge in [-0.2, -0.15) is 0 Å². The minimum Gasteiger partial charge on any atom is -0.386 e. The van der Waals surface area contributed by atoms with Gasteiger partial charge in [0.05, 0.1) is 0 Å². The predicted octanol–water partition coefficient (Wildman–Crippen LogP) is 0.900. The van der Waals surface area contributed by atoms with Crippen LogP contribution >= 0.6 is 11.3 Å². The molecule has 0 aliphatic heterocycles. The molecular formula is C5H8N2OS. The zero-order valence-electron chi connectivity index (χ0n) is 5.33. The third-order valence-electron chi connectivity index (χ3n) is 0.899. The topological polar surface area (TPSA) is 46.0 Å². The zero-order valence-corrected chi connectivity index (χ0v) is 6.14. The lowest BCUT2D eigenvalue weighted by Crippen LogP contribution is -1.88. The molecule has 0 radical (unpaired) electrons. The number of aliphatic hydroxyl groups excluding tert-OH is 1. The van der Waals surface area contributed by atoms with Gasteiger partial charge in [0, 0.05) is 0 Å². The Labute approximate surface area is 57.4 Å². The molecule has 50 valence electrons. The standard InChI is InChI=1S/C5H8N2OS/c1-3(8)5-7-6-4(2)9-5/h3,8H,1-2H3/t3-/m1/s1. The minimum absolute atomic E-state index is 0.476. The molecule has 9 heavy (non-hydrogen) atoms. The van der Waals surface area contributed by atoms with E-state index in [9.17, 15) is 0 Å². The number of hydrogen-bond donors (Lipinski definition) is 1. The highest BCUT2D eigenvalue weighted by Gasteiger charge is 2.04. The van der Waals surface area contributed by atoms with Crippen LogP contribution in [0, 0.1) is 6.92 Å². The second-order valence-electron chi connectivity index (χ2n) is 1.84. The smallest absolute Gasteiger partial charge is 0.145 e. The molecule has 0 amide bonds. The van der Waals surface area contributed by atoms with E-state index in [1.807, 2.05) is 6.92 Å².